The molecule has 4 nitrogen and oxygen atoms in total. The summed E-state index contributed by atoms with van der Waals surface area (Å²) in [5.41, 5.74) is 9.19. The van der Waals surface area contributed by atoms with Crippen molar-refractivity contribution >= 4 is 75.4 Å². The van der Waals surface area contributed by atoms with E-state index < -0.39 is 0 Å². The van der Waals surface area contributed by atoms with Gasteiger partial charge in [-0.05, 0) is 48.5 Å². The quantitative estimate of drug-likeness (QED) is 0.205. The Labute approximate surface area is 261 Å². The number of nitrogens with zero attached hydrogens (tertiary/aromatic N) is 3. The van der Waals surface area contributed by atoms with Crippen LogP contribution in [0, 0.1) is 0 Å². The summed E-state index contributed by atoms with van der Waals surface area (Å²) in [6.45, 7) is 0. The normalized spacial score (nSPS) is 12.0. The fourth-order valence-corrected chi connectivity index (χ4v) is 7.89. The summed E-state index contributed by atoms with van der Waals surface area (Å²) in [6, 6.07) is 48.9. The van der Waals surface area contributed by atoms with Crippen LogP contribution in [0.4, 0.5) is 0 Å². The lowest BCUT2D eigenvalue weighted by molar-refractivity contribution is 0.669. The van der Waals surface area contributed by atoms with E-state index in [1.807, 2.05) is 18.2 Å². The number of benzene rings is 6. The Kier molecular flexibility index (Phi) is 5.12. The molecule has 0 aliphatic carbocycles. The fraction of sp³-hybridized carbons (Fsp3) is 0. The van der Waals surface area contributed by atoms with Gasteiger partial charge in [0.1, 0.15) is 11.2 Å². The third-order valence-corrected chi connectivity index (χ3v) is 9.99. The van der Waals surface area contributed by atoms with Crippen molar-refractivity contribution in [2.45, 2.75) is 0 Å². The van der Waals surface area contributed by atoms with Crippen LogP contribution in [0.2, 0.25) is 0 Å². The van der Waals surface area contributed by atoms with Gasteiger partial charge in [-0.25, -0.2) is 9.97 Å². The number of fused-ring (bicyclic) bond motifs is 9. The third kappa shape index (κ3) is 3.65. The average Bonchev–Trinajstić information content (AvgIpc) is 3.76. The molecule has 5 heteroatoms. The van der Waals surface area contributed by atoms with Crippen molar-refractivity contribution in [3.63, 3.8) is 0 Å². The van der Waals surface area contributed by atoms with Gasteiger partial charge in [0.2, 0.25) is 0 Å². The number of furan rings is 1. The second-order valence-electron chi connectivity index (χ2n) is 11.4. The number of hydrogen-bond donors (Lipinski definition) is 0. The van der Waals surface area contributed by atoms with Crippen molar-refractivity contribution in [2.24, 2.45) is 0 Å². The summed E-state index contributed by atoms with van der Waals surface area (Å²) in [7, 11) is 0. The highest BCUT2D eigenvalue weighted by Gasteiger charge is 2.18. The topological polar surface area (TPSA) is 43.9 Å². The van der Waals surface area contributed by atoms with Crippen LogP contribution in [0.1, 0.15) is 0 Å². The lowest BCUT2D eigenvalue weighted by Crippen LogP contribution is -1.96. The van der Waals surface area contributed by atoms with Crippen molar-refractivity contribution in [2.75, 3.05) is 0 Å². The van der Waals surface area contributed by atoms with Crippen LogP contribution >= 0.6 is 11.3 Å². The second kappa shape index (κ2) is 9.36. The van der Waals surface area contributed by atoms with Gasteiger partial charge in [0.05, 0.1) is 26.9 Å². The summed E-state index contributed by atoms with van der Waals surface area (Å²) in [5, 5.41) is 5.87. The molecule has 45 heavy (non-hydrogen) atoms. The summed E-state index contributed by atoms with van der Waals surface area (Å²) in [5.74, 6) is 0.725. The Hall–Kier alpha value is -5.78. The molecule has 0 saturated heterocycles. The molecule has 210 valence electrons. The smallest absolute Gasteiger partial charge is 0.160 e. The maximum Gasteiger partial charge on any atom is 0.160 e. The number of para-hydroxylation sites is 2. The Morgan fingerprint density at radius 3 is 2.11 bits per heavy atom. The highest BCUT2D eigenvalue weighted by atomic mass is 32.1. The van der Waals surface area contributed by atoms with E-state index in [2.05, 4.69) is 126 Å². The average molecular weight is 594 g/mol. The van der Waals surface area contributed by atoms with Crippen molar-refractivity contribution in [1.82, 2.24) is 14.5 Å². The lowest BCUT2D eigenvalue weighted by Gasteiger charge is -2.10. The number of rotatable bonds is 3. The molecule has 0 bridgehead atoms. The zero-order chi connectivity index (χ0) is 29.5. The highest BCUT2D eigenvalue weighted by molar-refractivity contribution is 7.26. The molecule has 0 aliphatic rings. The van der Waals surface area contributed by atoms with Crippen LogP contribution < -0.4 is 0 Å². The number of hydrogen-bond acceptors (Lipinski definition) is 4. The first-order valence-electron chi connectivity index (χ1n) is 15.0. The van der Waals surface area contributed by atoms with Gasteiger partial charge in [0.15, 0.2) is 5.82 Å². The van der Waals surface area contributed by atoms with Gasteiger partial charge in [-0.3, -0.25) is 0 Å². The van der Waals surface area contributed by atoms with E-state index in [0.717, 1.165) is 76.9 Å². The minimum atomic E-state index is 0.725. The molecule has 10 rings (SSSR count). The summed E-state index contributed by atoms with van der Waals surface area (Å²) in [6.07, 6.45) is 0. The standard InChI is InChI=1S/C40H23N3OS/c1-2-10-24(11-3-1)37-39-38(29-14-6-9-17-36(29)45-39)42-40(41-37)25-18-20-26(21-19-25)43-32-15-7-4-12-27(32)30-22-31-28-13-5-8-16-34(28)44-35(31)23-33(30)43/h1-23H. The molecule has 0 fully saturated rings. The van der Waals surface area contributed by atoms with Crippen molar-refractivity contribution in [3.8, 4) is 28.3 Å². The molecule has 0 atom stereocenters. The molecule has 4 heterocycles. The van der Waals surface area contributed by atoms with Crippen LogP contribution in [0.25, 0.3) is 92.4 Å². The van der Waals surface area contributed by atoms with Crippen LogP contribution in [-0.2, 0) is 0 Å². The van der Waals surface area contributed by atoms with Crippen LogP contribution in [0.3, 0.4) is 0 Å². The van der Waals surface area contributed by atoms with Gasteiger partial charge in [-0.2, -0.15) is 0 Å². The zero-order valence-electron chi connectivity index (χ0n) is 23.9. The maximum absolute atomic E-state index is 6.30. The SMILES string of the molecule is c1ccc(-c2nc(-c3ccc(-n4c5ccccc5c5cc6c(cc54)oc4ccccc46)cc3)nc3c2sc2ccccc23)cc1. The van der Waals surface area contributed by atoms with E-state index in [0.29, 0.717) is 0 Å². The van der Waals surface area contributed by atoms with Crippen molar-refractivity contribution in [1.29, 1.82) is 0 Å². The molecule has 0 amide bonds. The molecule has 0 N–H and O–H groups in total. The van der Waals surface area contributed by atoms with Crippen molar-refractivity contribution < 1.29 is 4.42 Å². The van der Waals surface area contributed by atoms with Crippen LogP contribution in [0.15, 0.2) is 144 Å². The van der Waals surface area contributed by atoms with Gasteiger partial charge in [0, 0.05) is 54.5 Å². The molecular formula is C40H23N3OS. The molecule has 0 spiro atoms. The summed E-state index contributed by atoms with van der Waals surface area (Å²) < 4.78 is 11.0. The first kappa shape index (κ1) is 24.6. The molecule has 0 aliphatic heterocycles. The van der Waals surface area contributed by atoms with Gasteiger partial charge >= 0.3 is 0 Å². The molecular weight excluding hydrogens is 571 g/mol. The van der Waals surface area contributed by atoms with Gasteiger partial charge in [-0.1, -0.05) is 84.9 Å². The maximum atomic E-state index is 6.30. The van der Waals surface area contributed by atoms with E-state index >= 15 is 0 Å². The molecule has 6 aromatic carbocycles. The predicted molar refractivity (Wildman–Crippen MR) is 187 cm³/mol. The van der Waals surface area contributed by atoms with E-state index in [4.69, 9.17) is 14.4 Å². The van der Waals surface area contributed by atoms with Gasteiger partial charge in [-0.15, -0.1) is 11.3 Å². The highest BCUT2D eigenvalue weighted by Crippen LogP contribution is 2.41. The molecule has 0 unspecified atom stereocenters. The van der Waals surface area contributed by atoms with Gasteiger partial charge in [0.25, 0.3) is 0 Å². The monoisotopic (exact) mass is 593 g/mol. The Balaban J connectivity index is 1.17. The van der Waals surface area contributed by atoms with Crippen LogP contribution in [-0.4, -0.2) is 14.5 Å². The largest absolute Gasteiger partial charge is 0.456 e. The van der Waals surface area contributed by atoms with E-state index in [9.17, 15) is 0 Å². The first-order chi connectivity index (χ1) is 22.3. The number of aromatic nitrogens is 3. The number of thiophene rings is 1. The Morgan fingerprint density at radius 1 is 0.511 bits per heavy atom. The second-order valence-corrected chi connectivity index (χ2v) is 12.5. The fourth-order valence-electron chi connectivity index (χ4n) is 6.74. The molecule has 10 aromatic rings. The minimum absolute atomic E-state index is 0.725. The minimum Gasteiger partial charge on any atom is -0.456 e. The summed E-state index contributed by atoms with van der Waals surface area (Å²) >= 11 is 1.76. The Morgan fingerprint density at radius 2 is 1.24 bits per heavy atom. The van der Waals surface area contributed by atoms with Crippen LogP contribution in [0.5, 0.6) is 0 Å². The lowest BCUT2D eigenvalue weighted by atomic mass is 10.1. The third-order valence-electron chi connectivity index (χ3n) is 8.82. The predicted octanol–water partition coefficient (Wildman–Crippen LogP) is 11.2. The molecule has 4 aromatic heterocycles. The summed E-state index contributed by atoms with van der Waals surface area (Å²) in [4.78, 5) is 10.3. The van der Waals surface area contributed by atoms with Crippen molar-refractivity contribution in [3.05, 3.63) is 140 Å². The van der Waals surface area contributed by atoms with Gasteiger partial charge < -0.3 is 8.98 Å². The van der Waals surface area contributed by atoms with E-state index in [1.54, 1.807) is 11.3 Å². The first-order valence-corrected chi connectivity index (χ1v) is 15.8. The van der Waals surface area contributed by atoms with E-state index in [1.165, 1.54) is 15.5 Å². The molecule has 0 radical (unpaired) electrons. The Bertz CT molecular complexity index is 2750. The molecule has 0 saturated carbocycles. The van der Waals surface area contributed by atoms with E-state index in [-0.39, 0.29) is 0 Å². The zero-order valence-corrected chi connectivity index (χ0v) is 24.8.